The molecular formula is C22H16Cl2O3S. The van der Waals surface area contributed by atoms with E-state index >= 15 is 0 Å². The van der Waals surface area contributed by atoms with Crippen molar-refractivity contribution < 1.29 is 14.6 Å². The molecule has 0 spiro atoms. The lowest BCUT2D eigenvalue weighted by atomic mass is 10.0. The smallest absolute Gasteiger partial charge is 0.336 e. The minimum Gasteiger partial charge on any atom is -0.489 e. The molecule has 0 fully saturated rings. The number of aliphatic carboxylic acids is 1. The van der Waals surface area contributed by atoms with E-state index in [2.05, 4.69) is 12.6 Å². The Morgan fingerprint density at radius 1 is 0.964 bits per heavy atom. The van der Waals surface area contributed by atoms with Crippen molar-refractivity contribution in [3.63, 3.8) is 0 Å². The molecule has 142 valence electrons. The number of thiol groups is 1. The molecule has 0 atom stereocenters. The number of hydrogen-bond donors (Lipinski definition) is 2. The highest BCUT2D eigenvalue weighted by atomic mass is 35.5. The molecule has 0 aliphatic carbocycles. The van der Waals surface area contributed by atoms with Gasteiger partial charge < -0.3 is 9.84 Å². The lowest BCUT2D eigenvalue weighted by Crippen LogP contribution is -2.00. The third-order valence-electron chi connectivity index (χ3n) is 4.06. The lowest BCUT2D eigenvalue weighted by Gasteiger charge is -2.10. The average molecular weight is 431 g/mol. The monoisotopic (exact) mass is 430 g/mol. The van der Waals surface area contributed by atoms with E-state index in [1.54, 1.807) is 66.7 Å². The van der Waals surface area contributed by atoms with Crippen molar-refractivity contribution in [3.8, 4) is 5.75 Å². The number of benzene rings is 3. The summed E-state index contributed by atoms with van der Waals surface area (Å²) in [5.41, 5.74) is 2.18. The molecule has 0 heterocycles. The Balaban J connectivity index is 1.79. The zero-order chi connectivity index (χ0) is 20.1. The number of hydrogen-bond acceptors (Lipinski definition) is 3. The molecule has 3 nitrogen and oxygen atoms in total. The van der Waals surface area contributed by atoms with Gasteiger partial charge in [0.15, 0.2) is 0 Å². The lowest BCUT2D eigenvalue weighted by molar-refractivity contribution is -0.130. The number of carboxylic acid groups (broad SMARTS) is 1. The molecule has 0 amide bonds. The minimum absolute atomic E-state index is 0.169. The summed E-state index contributed by atoms with van der Waals surface area (Å²) in [6.45, 7) is 0.237. The molecule has 0 unspecified atom stereocenters. The van der Waals surface area contributed by atoms with Gasteiger partial charge in [-0.2, -0.15) is 0 Å². The van der Waals surface area contributed by atoms with Crippen molar-refractivity contribution in [2.45, 2.75) is 11.5 Å². The third-order valence-corrected chi connectivity index (χ3v) is 5.16. The molecule has 3 aromatic carbocycles. The van der Waals surface area contributed by atoms with Gasteiger partial charge >= 0.3 is 5.97 Å². The van der Waals surface area contributed by atoms with Gasteiger partial charge in [-0.15, -0.1) is 12.6 Å². The van der Waals surface area contributed by atoms with E-state index < -0.39 is 5.97 Å². The van der Waals surface area contributed by atoms with Gasteiger partial charge in [0.1, 0.15) is 12.4 Å². The highest BCUT2D eigenvalue weighted by Crippen LogP contribution is 2.27. The van der Waals surface area contributed by atoms with E-state index in [0.29, 0.717) is 31.8 Å². The maximum Gasteiger partial charge on any atom is 0.336 e. The molecule has 1 N–H and O–H groups in total. The van der Waals surface area contributed by atoms with E-state index in [0.717, 1.165) is 5.56 Å². The third kappa shape index (κ3) is 4.90. The second kappa shape index (κ2) is 9.20. The highest BCUT2D eigenvalue weighted by Gasteiger charge is 2.13. The second-order valence-electron chi connectivity index (χ2n) is 5.94. The van der Waals surface area contributed by atoms with Gasteiger partial charge in [-0.3, -0.25) is 0 Å². The van der Waals surface area contributed by atoms with Gasteiger partial charge in [-0.1, -0.05) is 59.6 Å². The first-order valence-corrected chi connectivity index (χ1v) is 9.55. The van der Waals surface area contributed by atoms with Crippen molar-refractivity contribution >= 4 is 53.4 Å². The van der Waals surface area contributed by atoms with Crippen LogP contribution in [0.25, 0.3) is 11.6 Å². The minimum atomic E-state index is -1.02. The van der Waals surface area contributed by atoms with E-state index in [9.17, 15) is 9.90 Å². The molecule has 6 heteroatoms. The first-order valence-electron chi connectivity index (χ1n) is 8.35. The number of carboxylic acids is 1. The predicted octanol–water partition coefficient (Wildman–Crippen LogP) is 6.49. The number of rotatable bonds is 6. The summed E-state index contributed by atoms with van der Waals surface area (Å²) in [4.78, 5) is 12.3. The highest BCUT2D eigenvalue weighted by molar-refractivity contribution is 7.80. The van der Waals surface area contributed by atoms with Crippen LogP contribution in [0, 0.1) is 0 Å². The molecule has 3 rings (SSSR count). The summed E-state index contributed by atoms with van der Waals surface area (Å²) in [6, 6.07) is 19.5. The van der Waals surface area contributed by atoms with Crippen LogP contribution in [0.5, 0.6) is 5.75 Å². The van der Waals surface area contributed by atoms with Crippen LogP contribution in [-0.4, -0.2) is 11.1 Å². The normalized spacial score (nSPS) is 11.3. The van der Waals surface area contributed by atoms with Crippen LogP contribution in [0.3, 0.4) is 0 Å². The molecule has 0 aromatic heterocycles. The first kappa shape index (κ1) is 20.3. The fraction of sp³-hybridized carbons (Fsp3) is 0.0455. The summed E-state index contributed by atoms with van der Waals surface area (Å²) in [7, 11) is 0. The van der Waals surface area contributed by atoms with E-state index in [-0.39, 0.29) is 12.2 Å². The number of ether oxygens (including phenoxy) is 1. The van der Waals surface area contributed by atoms with Crippen LogP contribution in [0.1, 0.15) is 16.7 Å². The molecule has 3 aromatic rings. The largest absolute Gasteiger partial charge is 0.489 e. The molecule has 0 aliphatic rings. The summed E-state index contributed by atoms with van der Waals surface area (Å²) in [6.07, 6.45) is 1.60. The van der Waals surface area contributed by atoms with Gasteiger partial charge in [0, 0.05) is 26.1 Å². The van der Waals surface area contributed by atoms with Gasteiger partial charge in [-0.05, 0) is 42.0 Å². The van der Waals surface area contributed by atoms with Crippen molar-refractivity contribution in [1.29, 1.82) is 0 Å². The molecule has 0 radical (unpaired) electrons. The van der Waals surface area contributed by atoms with Gasteiger partial charge in [-0.25, -0.2) is 4.79 Å². The van der Waals surface area contributed by atoms with Gasteiger partial charge in [0.25, 0.3) is 0 Å². The zero-order valence-electron chi connectivity index (χ0n) is 14.6. The van der Waals surface area contributed by atoms with Crippen LogP contribution < -0.4 is 4.74 Å². The van der Waals surface area contributed by atoms with Crippen LogP contribution in [-0.2, 0) is 11.4 Å². The maximum atomic E-state index is 11.7. The topological polar surface area (TPSA) is 46.5 Å². The Kier molecular flexibility index (Phi) is 6.68. The quantitative estimate of drug-likeness (QED) is 0.267. The Morgan fingerprint density at radius 2 is 1.61 bits per heavy atom. The summed E-state index contributed by atoms with van der Waals surface area (Å²) < 4.78 is 5.75. The van der Waals surface area contributed by atoms with Crippen molar-refractivity contribution in [2.75, 3.05) is 0 Å². The van der Waals surface area contributed by atoms with E-state index in [1.165, 1.54) is 0 Å². The van der Waals surface area contributed by atoms with Crippen LogP contribution in [0.2, 0.25) is 10.0 Å². The molecule has 0 aliphatic heterocycles. The predicted molar refractivity (Wildman–Crippen MR) is 116 cm³/mol. The molecule has 0 bridgehead atoms. The van der Waals surface area contributed by atoms with Gasteiger partial charge in [0.2, 0.25) is 0 Å². The fourth-order valence-corrected chi connectivity index (χ4v) is 3.40. The summed E-state index contributed by atoms with van der Waals surface area (Å²) >= 11 is 16.6. The Labute approximate surface area is 178 Å². The van der Waals surface area contributed by atoms with Crippen molar-refractivity contribution in [2.24, 2.45) is 0 Å². The average Bonchev–Trinajstić information content (AvgIpc) is 2.67. The Bertz CT molecular complexity index is 1010. The van der Waals surface area contributed by atoms with Crippen molar-refractivity contribution in [3.05, 3.63) is 93.5 Å². The van der Waals surface area contributed by atoms with Crippen molar-refractivity contribution in [1.82, 2.24) is 0 Å². The molecular weight excluding hydrogens is 415 g/mol. The van der Waals surface area contributed by atoms with E-state index in [1.807, 2.05) is 6.07 Å². The number of carbonyl (C=O) groups is 1. The van der Waals surface area contributed by atoms with E-state index in [4.69, 9.17) is 27.9 Å². The number of halogens is 2. The SMILES string of the molecule is O=C(O)C(=Cc1ccc(OCc2c(Cl)cccc2Cl)cc1)c1ccccc1S. The second-order valence-corrected chi connectivity index (χ2v) is 7.23. The summed E-state index contributed by atoms with van der Waals surface area (Å²) in [5.74, 6) is -0.394. The molecule has 0 saturated heterocycles. The fourth-order valence-electron chi connectivity index (χ4n) is 2.61. The first-order chi connectivity index (χ1) is 13.5. The maximum absolute atomic E-state index is 11.7. The van der Waals surface area contributed by atoms with Crippen LogP contribution in [0.15, 0.2) is 71.6 Å². The van der Waals surface area contributed by atoms with Crippen LogP contribution >= 0.6 is 35.8 Å². The van der Waals surface area contributed by atoms with Crippen LogP contribution in [0.4, 0.5) is 0 Å². The Hall–Kier alpha value is -2.40. The zero-order valence-corrected chi connectivity index (χ0v) is 17.0. The standard InChI is InChI=1S/C22H16Cl2O3S/c23-19-5-3-6-20(24)18(19)13-27-15-10-8-14(9-11-15)12-17(22(25)26)16-4-1-2-7-21(16)28/h1-12,28H,13H2,(H,25,26). The molecule has 0 saturated carbocycles. The summed E-state index contributed by atoms with van der Waals surface area (Å²) in [5, 5.41) is 10.7. The van der Waals surface area contributed by atoms with Gasteiger partial charge in [0.05, 0.1) is 5.57 Å². The Morgan fingerprint density at radius 3 is 2.21 bits per heavy atom. The molecule has 28 heavy (non-hydrogen) atoms.